The molecular weight excluding hydrogens is 262 g/mol. The van der Waals surface area contributed by atoms with Gasteiger partial charge < -0.3 is 10.6 Å². The first kappa shape index (κ1) is 13.9. The fourth-order valence-electron chi connectivity index (χ4n) is 2.67. The van der Waals surface area contributed by atoms with Crippen molar-refractivity contribution in [2.45, 2.75) is 32.2 Å². The molecule has 0 unspecified atom stereocenters. The number of nitrogens with zero attached hydrogens (tertiary/aromatic N) is 3. The predicted octanol–water partition coefficient (Wildman–Crippen LogP) is 1.95. The first-order valence-corrected chi connectivity index (χ1v) is 7.60. The van der Waals surface area contributed by atoms with Gasteiger partial charge in [-0.25, -0.2) is 9.97 Å². The maximum Gasteiger partial charge on any atom is 0.132 e. The Morgan fingerprint density at radius 2 is 2.14 bits per heavy atom. The molecule has 5 nitrogen and oxygen atoms in total. The molecule has 2 N–H and O–H groups in total. The summed E-state index contributed by atoms with van der Waals surface area (Å²) < 4.78 is 0. The van der Waals surface area contributed by atoms with Crippen LogP contribution in [-0.2, 0) is 19.4 Å². The van der Waals surface area contributed by atoms with E-state index in [2.05, 4.69) is 31.7 Å². The predicted molar refractivity (Wildman–Crippen MR) is 83.1 cm³/mol. The zero-order valence-corrected chi connectivity index (χ0v) is 12.2. The van der Waals surface area contributed by atoms with Crippen LogP contribution < -0.4 is 10.6 Å². The van der Waals surface area contributed by atoms with Gasteiger partial charge in [-0.15, -0.1) is 0 Å². The second-order valence-electron chi connectivity index (χ2n) is 5.32. The summed E-state index contributed by atoms with van der Waals surface area (Å²) >= 11 is 0. The number of nitrogens with one attached hydrogen (secondary N) is 2. The summed E-state index contributed by atoms with van der Waals surface area (Å²) in [6.07, 6.45) is 9.85. The van der Waals surface area contributed by atoms with Gasteiger partial charge in [0.05, 0.1) is 0 Å². The Hall–Kier alpha value is -2.01. The van der Waals surface area contributed by atoms with Crippen LogP contribution in [0.25, 0.3) is 0 Å². The average Bonchev–Trinajstić information content (AvgIpc) is 3.01. The molecule has 2 aromatic heterocycles. The monoisotopic (exact) mass is 283 g/mol. The van der Waals surface area contributed by atoms with E-state index >= 15 is 0 Å². The lowest BCUT2D eigenvalue weighted by atomic mass is 10.2. The molecule has 0 atom stereocenters. The smallest absolute Gasteiger partial charge is 0.132 e. The molecule has 0 radical (unpaired) electrons. The van der Waals surface area contributed by atoms with Crippen LogP contribution in [0, 0.1) is 0 Å². The molecule has 0 aliphatic heterocycles. The highest BCUT2D eigenvalue weighted by Gasteiger charge is 2.16. The molecule has 5 heteroatoms. The lowest BCUT2D eigenvalue weighted by Crippen LogP contribution is -2.18. The second kappa shape index (κ2) is 7.13. The van der Waals surface area contributed by atoms with E-state index in [-0.39, 0.29) is 0 Å². The standard InChI is InChI=1S/C16H21N5/c1-5-14-15(6-1)20-12-21-16(14)19-9-3-8-18-11-13-4-2-7-17-10-13/h2,4,7,10,12,18H,1,3,5-6,8-9,11H2,(H,19,20,21). The molecule has 0 amide bonds. The third-order valence-corrected chi connectivity index (χ3v) is 3.75. The van der Waals surface area contributed by atoms with Crippen LogP contribution in [0.1, 0.15) is 29.7 Å². The van der Waals surface area contributed by atoms with Gasteiger partial charge in [-0.3, -0.25) is 4.98 Å². The lowest BCUT2D eigenvalue weighted by Gasteiger charge is -2.10. The zero-order valence-electron chi connectivity index (χ0n) is 12.2. The number of hydrogen-bond acceptors (Lipinski definition) is 5. The number of hydrogen-bond donors (Lipinski definition) is 2. The topological polar surface area (TPSA) is 62.7 Å². The molecule has 0 aromatic carbocycles. The van der Waals surface area contributed by atoms with E-state index in [1.165, 1.54) is 23.2 Å². The van der Waals surface area contributed by atoms with Crippen LogP contribution in [0.4, 0.5) is 5.82 Å². The van der Waals surface area contributed by atoms with Crippen molar-refractivity contribution in [1.29, 1.82) is 0 Å². The van der Waals surface area contributed by atoms with Crippen LogP contribution in [-0.4, -0.2) is 28.0 Å². The number of rotatable bonds is 7. The molecule has 1 aliphatic rings. The van der Waals surface area contributed by atoms with E-state index in [1.54, 1.807) is 12.5 Å². The Kier molecular flexibility index (Phi) is 4.74. The molecule has 2 aromatic rings. The molecule has 2 heterocycles. The Labute approximate surface area is 125 Å². The first-order chi connectivity index (χ1) is 10.4. The van der Waals surface area contributed by atoms with Crippen LogP contribution >= 0.6 is 0 Å². The number of anilines is 1. The molecule has 0 spiro atoms. The third kappa shape index (κ3) is 3.76. The third-order valence-electron chi connectivity index (χ3n) is 3.75. The summed E-state index contributed by atoms with van der Waals surface area (Å²) in [5.41, 5.74) is 3.77. The molecule has 21 heavy (non-hydrogen) atoms. The molecule has 0 saturated heterocycles. The maximum absolute atomic E-state index is 4.36. The number of fused-ring (bicyclic) bond motifs is 1. The van der Waals surface area contributed by atoms with Crippen molar-refractivity contribution in [2.24, 2.45) is 0 Å². The minimum absolute atomic E-state index is 0.872. The fraction of sp³-hybridized carbons (Fsp3) is 0.438. The summed E-state index contributed by atoms with van der Waals surface area (Å²) in [7, 11) is 0. The van der Waals surface area contributed by atoms with Gasteiger partial charge in [0.15, 0.2) is 0 Å². The van der Waals surface area contributed by atoms with Crippen molar-refractivity contribution >= 4 is 5.82 Å². The van der Waals surface area contributed by atoms with Gasteiger partial charge in [-0.2, -0.15) is 0 Å². The molecule has 3 rings (SSSR count). The van der Waals surface area contributed by atoms with Crippen LogP contribution in [0.5, 0.6) is 0 Å². The van der Waals surface area contributed by atoms with Gasteiger partial charge in [-0.05, 0) is 43.9 Å². The van der Waals surface area contributed by atoms with E-state index in [9.17, 15) is 0 Å². The van der Waals surface area contributed by atoms with Gasteiger partial charge in [-0.1, -0.05) is 6.07 Å². The van der Waals surface area contributed by atoms with Crippen molar-refractivity contribution in [3.05, 3.63) is 47.7 Å². The molecule has 110 valence electrons. The van der Waals surface area contributed by atoms with E-state index in [0.29, 0.717) is 0 Å². The van der Waals surface area contributed by atoms with Gasteiger partial charge in [0.1, 0.15) is 12.1 Å². The van der Waals surface area contributed by atoms with Crippen molar-refractivity contribution in [3.63, 3.8) is 0 Å². The largest absolute Gasteiger partial charge is 0.370 e. The van der Waals surface area contributed by atoms with E-state index in [4.69, 9.17) is 0 Å². The molecule has 0 fully saturated rings. The van der Waals surface area contributed by atoms with E-state index in [1.807, 2.05) is 12.3 Å². The minimum Gasteiger partial charge on any atom is -0.370 e. The number of aryl methyl sites for hydroxylation is 1. The minimum atomic E-state index is 0.872. The molecular formula is C16H21N5. The van der Waals surface area contributed by atoms with Crippen molar-refractivity contribution in [2.75, 3.05) is 18.4 Å². The lowest BCUT2D eigenvalue weighted by molar-refractivity contribution is 0.661. The highest BCUT2D eigenvalue weighted by atomic mass is 15.0. The highest BCUT2D eigenvalue weighted by Crippen LogP contribution is 2.24. The van der Waals surface area contributed by atoms with E-state index < -0.39 is 0 Å². The second-order valence-corrected chi connectivity index (χ2v) is 5.32. The summed E-state index contributed by atoms with van der Waals surface area (Å²) in [6.45, 7) is 2.79. The van der Waals surface area contributed by atoms with Crippen LogP contribution in [0.3, 0.4) is 0 Å². The average molecular weight is 283 g/mol. The SMILES string of the molecule is c1cncc(CNCCCNc2ncnc3c2CCC3)c1. The molecule has 0 saturated carbocycles. The quantitative estimate of drug-likeness (QED) is 0.761. The number of aromatic nitrogens is 3. The Morgan fingerprint density at radius 1 is 1.14 bits per heavy atom. The van der Waals surface area contributed by atoms with Gasteiger partial charge >= 0.3 is 0 Å². The van der Waals surface area contributed by atoms with Gasteiger partial charge in [0.2, 0.25) is 0 Å². The molecule has 1 aliphatic carbocycles. The van der Waals surface area contributed by atoms with Crippen molar-refractivity contribution in [1.82, 2.24) is 20.3 Å². The highest BCUT2D eigenvalue weighted by molar-refractivity contribution is 5.47. The van der Waals surface area contributed by atoms with Crippen LogP contribution in [0.2, 0.25) is 0 Å². The fourth-order valence-corrected chi connectivity index (χ4v) is 2.67. The zero-order chi connectivity index (χ0) is 14.3. The first-order valence-electron chi connectivity index (χ1n) is 7.60. The molecule has 0 bridgehead atoms. The maximum atomic E-state index is 4.36. The van der Waals surface area contributed by atoms with Crippen LogP contribution in [0.15, 0.2) is 30.9 Å². The van der Waals surface area contributed by atoms with Gasteiger partial charge in [0.25, 0.3) is 0 Å². The Bertz CT molecular complexity index is 570. The Morgan fingerprint density at radius 3 is 3.05 bits per heavy atom. The summed E-state index contributed by atoms with van der Waals surface area (Å²) in [5.74, 6) is 1.03. The van der Waals surface area contributed by atoms with Gasteiger partial charge in [0, 0.05) is 36.7 Å². The van der Waals surface area contributed by atoms with Crippen molar-refractivity contribution in [3.8, 4) is 0 Å². The summed E-state index contributed by atoms with van der Waals surface area (Å²) in [6, 6.07) is 4.05. The Balaban J connectivity index is 1.36. The normalized spacial score (nSPS) is 13.1. The van der Waals surface area contributed by atoms with Crippen molar-refractivity contribution < 1.29 is 0 Å². The number of pyridine rings is 1. The summed E-state index contributed by atoms with van der Waals surface area (Å²) in [4.78, 5) is 12.8. The summed E-state index contributed by atoms with van der Waals surface area (Å²) in [5, 5.41) is 6.87. The van der Waals surface area contributed by atoms with E-state index in [0.717, 1.165) is 44.7 Å².